The van der Waals surface area contributed by atoms with Crippen LogP contribution >= 0.6 is 11.6 Å². The van der Waals surface area contributed by atoms with Crippen molar-refractivity contribution in [3.63, 3.8) is 0 Å². The molecule has 2 heterocycles. The third kappa shape index (κ3) is 3.47. The molecule has 0 saturated heterocycles. The van der Waals surface area contributed by atoms with E-state index in [4.69, 9.17) is 16.3 Å². The minimum Gasteiger partial charge on any atom is -0.472 e. The third-order valence-electron chi connectivity index (χ3n) is 3.52. The molecule has 1 aliphatic carbocycles. The van der Waals surface area contributed by atoms with Crippen LogP contribution in [-0.4, -0.2) is 21.1 Å². The van der Waals surface area contributed by atoms with E-state index in [9.17, 15) is 4.39 Å². The molecule has 0 amide bonds. The highest BCUT2D eigenvalue weighted by Gasteiger charge is 2.18. The SMILES string of the molecule is Fc1cc(-c2ncc(Cl)cn2)cnc1OC1CCCCC1. The van der Waals surface area contributed by atoms with Crippen molar-refractivity contribution in [3.8, 4) is 17.3 Å². The zero-order valence-electron chi connectivity index (χ0n) is 11.4. The van der Waals surface area contributed by atoms with Gasteiger partial charge >= 0.3 is 0 Å². The van der Waals surface area contributed by atoms with Crippen LogP contribution in [0, 0.1) is 5.82 Å². The van der Waals surface area contributed by atoms with Gasteiger partial charge in [-0.3, -0.25) is 0 Å². The predicted octanol–water partition coefficient (Wildman–Crippen LogP) is 4.04. The Morgan fingerprint density at radius 1 is 1.05 bits per heavy atom. The Morgan fingerprint density at radius 3 is 2.43 bits per heavy atom. The molecule has 4 nitrogen and oxygen atoms in total. The minimum absolute atomic E-state index is 0.0552. The van der Waals surface area contributed by atoms with Crippen LogP contribution < -0.4 is 4.74 Å². The lowest BCUT2D eigenvalue weighted by atomic mass is 9.98. The highest BCUT2D eigenvalue weighted by Crippen LogP contribution is 2.26. The maximum absolute atomic E-state index is 14.1. The van der Waals surface area contributed by atoms with Gasteiger partial charge in [0.2, 0.25) is 0 Å². The fourth-order valence-corrected chi connectivity index (χ4v) is 2.53. The predicted molar refractivity (Wildman–Crippen MR) is 77.7 cm³/mol. The molecule has 0 spiro atoms. The number of hydrogen-bond acceptors (Lipinski definition) is 4. The maximum Gasteiger partial charge on any atom is 0.250 e. The summed E-state index contributed by atoms with van der Waals surface area (Å²) in [4.78, 5) is 12.1. The van der Waals surface area contributed by atoms with Crippen LogP contribution in [0.4, 0.5) is 4.39 Å². The summed E-state index contributed by atoms with van der Waals surface area (Å²) in [5.41, 5.74) is 0.500. The molecule has 1 aliphatic rings. The van der Waals surface area contributed by atoms with Crippen molar-refractivity contribution < 1.29 is 9.13 Å². The fraction of sp³-hybridized carbons (Fsp3) is 0.400. The number of pyridine rings is 1. The average Bonchev–Trinajstić information content (AvgIpc) is 2.51. The van der Waals surface area contributed by atoms with Crippen LogP contribution in [0.2, 0.25) is 5.02 Å². The van der Waals surface area contributed by atoms with Crippen molar-refractivity contribution in [2.75, 3.05) is 0 Å². The van der Waals surface area contributed by atoms with E-state index in [0.29, 0.717) is 16.4 Å². The van der Waals surface area contributed by atoms with Crippen molar-refractivity contribution >= 4 is 11.6 Å². The Labute approximate surface area is 127 Å². The number of hydrogen-bond donors (Lipinski definition) is 0. The molecule has 2 aromatic rings. The summed E-state index contributed by atoms with van der Waals surface area (Å²) in [6.07, 6.45) is 9.92. The lowest BCUT2D eigenvalue weighted by Crippen LogP contribution is -2.20. The van der Waals surface area contributed by atoms with Crippen LogP contribution in [0.15, 0.2) is 24.7 Å². The van der Waals surface area contributed by atoms with Crippen LogP contribution in [0.3, 0.4) is 0 Å². The molecule has 3 rings (SSSR count). The quantitative estimate of drug-likeness (QED) is 0.858. The second kappa shape index (κ2) is 6.35. The highest BCUT2D eigenvalue weighted by molar-refractivity contribution is 6.30. The number of aromatic nitrogens is 3. The molecule has 0 aliphatic heterocycles. The zero-order valence-corrected chi connectivity index (χ0v) is 12.2. The number of rotatable bonds is 3. The van der Waals surface area contributed by atoms with Crippen LogP contribution in [0.1, 0.15) is 32.1 Å². The molecule has 110 valence electrons. The topological polar surface area (TPSA) is 47.9 Å². The molecule has 0 atom stereocenters. The van der Waals surface area contributed by atoms with Crippen LogP contribution in [-0.2, 0) is 0 Å². The summed E-state index contributed by atoms with van der Waals surface area (Å²) in [6.45, 7) is 0. The van der Waals surface area contributed by atoms with E-state index in [-0.39, 0.29) is 12.0 Å². The summed E-state index contributed by atoms with van der Waals surface area (Å²) in [5.74, 6) is -0.0498. The highest BCUT2D eigenvalue weighted by atomic mass is 35.5. The Hall–Kier alpha value is -1.75. The van der Waals surface area contributed by atoms with Gasteiger partial charge in [0, 0.05) is 24.2 Å². The smallest absolute Gasteiger partial charge is 0.250 e. The van der Waals surface area contributed by atoms with Crippen molar-refractivity contribution in [2.45, 2.75) is 38.2 Å². The molecule has 1 saturated carbocycles. The third-order valence-corrected chi connectivity index (χ3v) is 3.71. The summed E-state index contributed by atoms with van der Waals surface area (Å²) < 4.78 is 19.7. The normalized spacial score (nSPS) is 15.9. The summed E-state index contributed by atoms with van der Waals surface area (Å²) in [6, 6.07) is 1.34. The van der Waals surface area contributed by atoms with Crippen LogP contribution in [0.5, 0.6) is 5.88 Å². The molecule has 21 heavy (non-hydrogen) atoms. The van der Waals surface area contributed by atoms with E-state index in [0.717, 1.165) is 25.7 Å². The molecular weight excluding hydrogens is 293 g/mol. The standard InChI is InChI=1S/C15H15ClFN3O/c16-11-8-18-14(19-9-11)10-6-13(17)15(20-7-10)21-12-4-2-1-3-5-12/h6-9,12H,1-5H2. The van der Waals surface area contributed by atoms with Gasteiger partial charge in [0.15, 0.2) is 11.6 Å². The number of ether oxygens (including phenoxy) is 1. The lowest BCUT2D eigenvalue weighted by molar-refractivity contribution is 0.142. The van der Waals surface area contributed by atoms with E-state index in [1.54, 1.807) is 0 Å². The monoisotopic (exact) mass is 307 g/mol. The molecule has 0 N–H and O–H groups in total. The van der Waals surface area contributed by atoms with Crippen molar-refractivity contribution in [2.24, 2.45) is 0 Å². The number of nitrogens with zero attached hydrogens (tertiary/aromatic N) is 3. The van der Waals surface area contributed by atoms with Gasteiger partial charge in [-0.05, 0) is 31.7 Å². The van der Waals surface area contributed by atoms with E-state index in [1.807, 2.05) is 0 Å². The van der Waals surface area contributed by atoms with Gasteiger partial charge in [0.1, 0.15) is 6.10 Å². The molecule has 0 radical (unpaired) electrons. The summed E-state index contributed by atoms with van der Waals surface area (Å²) >= 11 is 5.73. The Kier molecular flexibility index (Phi) is 4.29. The first kappa shape index (κ1) is 14.2. The summed E-state index contributed by atoms with van der Waals surface area (Å²) in [5, 5.41) is 0.435. The van der Waals surface area contributed by atoms with Gasteiger partial charge in [0.05, 0.1) is 5.02 Å². The van der Waals surface area contributed by atoms with Crippen molar-refractivity contribution in [1.82, 2.24) is 15.0 Å². The molecular formula is C15H15ClFN3O. The molecule has 0 unspecified atom stereocenters. The largest absolute Gasteiger partial charge is 0.472 e. The minimum atomic E-state index is -0.489. The van der Waals surface area contributed by atoms with Crippen molar-refractivity contribution in [1.29, 1.82) is 0 Å². The maximum atomic E-state index is 14.1. The molecule has 2 aromatic heterocycles. The Bertz CT molecular complexity index is 615. The fourth-order valence-electron chi connectivity index (χ4n) is 2.44. The van der Waals surface area contributed by atoms with E-state index in [1.165, 1.54) is 31.1 Å². The first-order valence-corrected chi connectivity index (χ1v) is 7.40. The van der Waals surface area contributed by atoms with Gasteiger partial charge in [-0.1, -0.05) is 18.0 Å². The van der Waals surface area contributed by atoms with E-state index < -0.39 is 5.82 Å². The van der Waals surface area contributed by atoms with Gasteiger partial charge in [-0.15, -0.1) is 0 Å². The second-order valence-electron chi connectivity index (χ2n) is 5.11. The van der Waals surface area contributed by atoms with Gasteiger partial charge in [-0.2, -0.15) is 0 Å². The van der Waals surface area contributed by atoms with Gasteiger partial charge in [0.25, 0.3) is 5.88 Å². The van der Waals surface area contributed by atoms with Crippen molar-refractivity contribution in [3.05, 3.63) is 35.5 Å². The summed E-state index contributed by atoms with van der Waals surface area (Å²) in [7, 11) is 0. The van der Waals surface area contributed by atoms with Crippen LogP contribution in [0.25, 0.3) is 11.4 Å². The lowest BCUT2D eigenvalue weighted by Gasteiger charge is -2.22. The average molecular weight is 308 g/mol. The van der Waals surface area contributed by atoms with Gasteiger partial charge in [-0.25, -0.2) is 19.3 Å². The number of halogens is 2. The van der Waals surface area contributed by atoms with E-state index in [2.05, 4.69) is 15.0 Å². The Balaban J connectivity index is 1.77. The second-order valence-corrected chi connectivity index (χ2v) is 5.55. The van der Waals surface area contributed by atoms with E-state index >= 15 is 0 Å². The first-order chi connectivity index (χ1) is 10.2. The zero-order chi connectivity index (χ0) is 14.7. The molecule has 0 bridgehead atoms. The first-order valence-electron chi connectivity index (χ1n) is 7.02. The van der Waals surface area contributed by atoms with Gasteiger partial charge < -0.3 is 4.74 Å². The molecule has 6 heteroatoms. The molecule has 0 aromatic carbocycles. The molecule has 1 fully saturated rings. The Morgan fingerprint density at radius 2 is 1.76 bits per heavy atom.